The Kier molecular flexibility index (Phi) is 10.2. The van der Waals surface area contributed by atoms with Gasteiger partial charge in [-0.2, -0.15) is 0 Å². The van der Waals surface area contributed by atoms with E-state index in [9.17, 15) is 0 Å². The van der Waals surface area contributed by atoms with Crippen LogP contribution in [-0.4, -0.2) is 48.0 Å². The first-order valence-corrected chi connectivity index (χ1v) is 16.3. The van der Waals surface area contributed by atoms with Crippen LogP contribution in [0, 0.1) is 11.8 Å². The summed E-state index contributed by atoms with van der Waals surface area (Å²) in [5.74, 6) is 1.23. The molecule has 0 saturated carbocycles. The minimum atomic E-state index is -2.60. The Balaban J connectivity index is 1.51. The highest BCUT2D eigenvalue weighted by molar-refractivity contribution is 6.99. The predicted molar refractivity (Wildman–Crippen MR) is 164 cm³/mol. The molecule has 0 radical (unpaired) electrons. The summed E-state index contributed by atoms with van der Waals surface area (Å²) in [5, 5.41) is 2.52. The van der Waals surface area contributed by atoms with E-state index >= 15 is 0 Å². The van der Waals surface area contributed by atoms with Gasteiger partial charge in [-0.05, 0) is 34.0 Å². The van der Waals surface area contributed by atoms with Crippen molar-refractivity contribution in [1.82, 2.24) is 0 Å². The summed E-state index contributed by atoms with van der Waals surface area (Å²) in [7, 11) is 0.875. The molecule has 3 aromatic carbocycles. The Bertz CT molecular complexity index is 1120. The van der Waals surface area contributed by atoms with E-state index in [4.69, 9.17) is 23.4 Å². The van der Waals surface area contributed by atoms with Gasteiger partial charge in [0.15, 0.2) is 6.29 Å². The largest absolute Gasteiger partial charge is 0.497 e. The van der Waals surface area contributed by atoms with E-state index in [1.807, 2.05) is 24.3 Å². The molecule has 4 rings (SSSR count). The van der Waals surface area contributed by atoms with Crippen LogP contribution in [0.1, 0.15) is 52.9 Å². The van der Waals surface area contributed by atoms with Crippen molar-refractivity contribution < 1.29 is 23.4 Å². The minimum absolute atomic E-state index is 0.00123. The number of benzene rings is 3. The molecule has 1 aliphatic heterocycles. The van der Waals surface area contributed by atoms with Crippen LogP contribution in [-0.2, 0) is 18.6 Å². The normalized spacial score (nSPS) is 21.5. The maximum Gasteiger partial charge on any atom is 0.261 e. The van der Waals surface area contributed by atoms with Crippen LogP contribution in [0.2, 0.25) is 5.04 Å². The quantitative estimate of drug-likeness (QED) is 0.255. The van der Waals surface area contributed by atoms with Crippen molar-refractivity contribution in [2.45, 2.75) is 64.6 Å². The standard InChI is InChI=1S/C34H46O5Si/c1-25-24-37-33(27-18-20-28(35-6)21-19-27)39-32(25)26(2)31(36-7)22-23-38-40(34(3,4)5,29-14-10-8-11-15-29)30-16-12-9-13-17-30/h8-21,25-26,31-33H,22-24H2,1-7H3/t25-,26-,31-,32-,33?/m1/s1. The van der Waals surface area contributed by atoms with Gasteiger partial charge in [-0.15, -0.1) is 0 Å². The lowest BCUT2D eigenvalue weighted by molar-refractivity contribution is -0.257. The molecule has 6 heteroatoms. The molecule has 40 heavy (non-hydrogen) atoms. The van der Waals surface area contributed by atoms with Gasteiger partial charge in [-0.1, -0.05) is 107 Å². The summed E-state index contributed by atoms with van der Waals surface area (Å²) in [6.07, 6.45) is 0.363. The van der Waals surface area contributed by atoms with Crippen molar-refractivity contribution in [3.63, 3.8) is 0 Å². The SMILES string of the molecule is COc1ccc(C2OC[C@@H](C)[C@H]([C@H](C)[C@@H](CCO[Si](c3ccccc3)(c3ccccc3)C(C)(C)C)OC)O2)cc1. The molecule has 0 aliphatic carbocycles. The first kappa shape index (κ1) is 30.5. The van der Waals surface area contributed by atoms with Crippen molar-refractivity contribution in [2.75, 3.05) is 27.4 Å². The molecule has 1 heterocycles. The summed E-state index contributed by atoms with van der Waals surface area (Å²) < 4.78 is 31.2. The highest BCUT2D eigenvalue weighted by Gasteiger charge is 2.50. The van der Waals surface area contributed by atoms with Gasteiger partial charge < -0.3 is 23.4 Å². The molecule has 1 aliphatic rings. The van der Waals surface area contributed by atoms with E-state index in [2.05, 4.69) is 95.3 Å². The Labute approximate surface area is 241 Å². The Hall–Kier alpha value is -2.48. The monoisotopic (exact) mass is 562 g/mol. The Morgan fingerprint density at radius 2 is 1.45 bits per heavy atom. The molecule has 0 N–H and O–H groups in total. The van der Waals surface area contributed by atoms with E-state index in [0.29, 0.717) is 13.2 Å². The van der Waals surface area contributed by atoms with Gasteiger partial charge in [0.05, 0.1) is 25.9 Å². The van der Waals surface area contributed by atoms with E-state index in [1.54, 1.807) is 14.2 Å². The van der Waals surface area contributed by atoms with Crippen molar-refractivity contribution in [3.8, 4) is 5.75 Å². The van der Waals surface area contributed by atoms with Crippen LogP contribution in [0.4, 0.5) is 0 Å². The zero-order valence-corrected chi connectivity index (χ0v) is 26.1. The lowest BCUT2D eigenvalue weighted by Crippen LogP contribution is -2.66. The van der Waals surface area contributed by atoms with Gasteiger partial charge in [0, 0.05) is 31.1 Å². The average molecular weight is 563 g/mol. The van der Waals surface area contributed by atoms with Gasteiger partial charge in [-0.25, -0.2) is 0 Å². The maximum atomic E-state index is 7.16. The summed E-state index contributed by atoms with van der Waals surface area (Å²) >= 11 is 0. The topological polar surface area (TPSA) is 46.2 Å². The zero-order valence-electron chi connectivity index (χ0n) is 25.1. The second-order valence-electron chi connectivity index (χ2n) is 12.0. The van der Waals surface area contributed by atoms with Gasteiger partial charge in [-0.3, -0.25) is 0 Å². The van der Waals surface area contributed by atoms with Crippen molar-refractivity contribution in [2.24, 2.45) is 11.8 Å². The molecule has 5 nitrogen and oxygen atoms in total. The fourth-order valence-corrected chi connectivity index (χ4v) is 10.7. The van der Waals surface area contributed by atoms with Gasteiger partial charge in [0.2, 0.25) is 0 Å². The molecule has 1 fully saturated rings. The van der Waals surface area contributed by atoms with Crippen molar-refractivity contribution in [3.05, 3.63) is 90.5 Å². The third-order valence-electron chi connectivity index (χ3n) is 8.29. The number of hydrogen-bond donors (Lipinski definition) is 0. The fourth-order valence-electron chi connectivity index (χ4n) is 6.12. The minimum Gasteiger partial charge on any atom is -0.497 e. The number of methoxy groups -OCH3 is 2. The highest BCUT2D eigenvalue weighted by atomic mass is 28.4. The average Bonchev–Trinajstić information content (AvgIpc) is 2.97. The summed E-state index contributed by atoms with van der Waals surface area (Å²) in [5.41, 5.74) is 0.994. The third kappa shape index (κ3) is 6.53. The van der Waals surface area contributed by atoms with Crippen LogP contribution < -0.4 is 15.1 Å². The smallest absolute Gasteiger partial charge is 0.261 e. The lowest BCUT2D eigenvalue weighted by Gasteiger charge is -2.44. The van der Waals surface area contributed by atoms with Crippen LogP contribution >= 0.6 is 0 Å². The fraction of sp³-hybridized carbons (Fsp3) is 0.471. The molecular formula is C34H46O5Si. The summed E-state index contributed by atoms with van der Waals surface area (Å²) in [6.45, 7) is 12.6. The van der Waals surface area contributed by atoms with E-state index in [0.717, 1.165) is 17.7 Å². The second-order valence-corrected chi connectivity index (χ2v) is 16.3. The molecule has 1 unspecified atom stereocenters. The molecular weight excluding hydrogens is 516 g/mol. The molecule has 0 aromatic heterocycles. The van der Waals surface area contributed by atoms with Gasteiger partial charge in [0.1, 0.15) is 5.75 Å². The number of hydrogen-bond acceptors (Lipinski definition) is 5. The second kappa shape index (κ2) is 13.5. The first-order chi connectivity index (χ1) is 19.2. The number of ether oxygens (including phenoxy) is 4. The number of rotatable bonds is 11. The predicted octanol–water partition coefficient (Wildman–Crippen LogP) is 6.36. The molecule has 0 spiro atoms. The van der Waals surface area contributed by atoms with Crippen LogP contribution in [0.3, 0.4) is 0 Å². The zero-order chi connectivity index (χ0) is 28.8. The third-order valence-corrected chi connectivity index (χ3v) is 13.3. The van der Waals surface area contributed by atoms with Gasteiger partial charge in [0.25, 0.3) is 8.32 Å². The lowest BCUT2D eigenvalue weighted by atomic mass is 9.87. The molecule has 3 aromatic rings. The summed E-state index contributed by atoms with van der Waals surface area (Å²) in [6, 6.07) is 29.5. The Morgan fingerprint density at radius 3 is 1.95 bits per heavy atom. The highest BCUT2D eigenvalue weighted by Crippen LogP contribution is 2.38. The van der Waals surface area contributed by atoms with E-state index in [1.165, 1.54) is 10.4 Å². The molecule has 5 atom stereocenters. The van der Waals surface area contributed by atoms with Crippen LogP contribution in [0.5, 0.6) is 5.75 Å². The molecule has 0 amide bonds. The van der Waals surface area contributed by atoms with Crippen molar-refractivity contribution in [1.29, 1.82) is 0 Å². The first-order valence-electron chi connectivity index (χ1n) is 14.4. The maximum absolute atomic E-state index is 7.16. The van der Waals surface area contributed by atoms with E-state index < -0.39 is 14.6 Å². The Morgan fingerprint density at radius 1 is 0.875 bits per heavy atom. The van der Waals surface area contributed by atoms with E-state index in [-0.39, 0.29) is 29.1 Å². The van der Waals surface area contributed by atoms with Crippen molar-refractivity contribution >= 4 is 18.7 Å². The van der Waals surface area contributed by atoms with Crippen LogP contribution in [0.25, 0.3) is 0 Å². The van der Waals surface area contributed by atoms with Crippen LogP contribution in [0.15, 0.2) is 84.9 Å². The van der Waals surface area contributed by atoms with Gasteiger partial charge >= 0.3 is 0 Å². The molecule has 216 valence electrons. The summed E-state index contributed by atoms with van der Waals surface area (Å²) in [4.78, 5) is 0. The molecule has 1 saturated heterocycles. The molecule has 0 bridgehead atoms.